The molecule has 4 aliphatic carbocycles. The first-order valence-corrected chi connectivity index (χ1v) is 44.3. The Hall–Kier alpha value is -7.67. The van der Waals surface area contributed by atoms with Gasteiger partial charge in [0.2, 0.25) is 17.7 Å². The predicted molar refractivity (Wildman–Crippen MR) is 477 cm³/mol. The Balaban J connectivity index is 0.000000181. The summed E-state index contributed by atoms with van der Waals surface area (Å²) in [6.07, 6.45) is 10.5. The summed E-state index contributed by atoms with van der Waals surface area (Å²) in [6, 6.07) is 18.7. The third-order valence-electron chi connectivity index (χ3n) is 28.9. The number of aliphatic hydroxyl groups is 1. The van der Waals surface area contributed by atoms with Crippen molar-refractivity contribution in [3.63, 3.8) is 0 Å². The zero-order chi connectivity index (χ0) is 89.4. The molecule has 4 fully saturated rings. The molecule has 19 nitrogen and oxygen atoms in total. The van der Waals surface area contributed by atoms with Crippen LogP contribution in [0.25, 0.3) is 0 Å². The molecule has 660 valence electrons. The van der Waals surface area contributed by atoms with E-state index in [0.717, 1.165) is 77.0 Å². The first kappa shape index (κ1) is 95.2. The highest BCUT2D eigenvalue weighted by Crippen LogP contribution is 2.61. The van der Waals surface area contributed by atoms with Crippen molar-refractivity contribution in [3.05, 3.63) is 138 Å². The second-order valence-corrected chi connectivity index (χ2v) is 43.6. The summed E-state index contributed by atoms with van der Waals surface area (Å²) in [6.45, 7) is 67.6. The molecule has 0 radical (unpaired) electrons. The molecule has 4 aromatic carbocycles. The van der Waals surface area contributed by atoms with Crippen LogP contribution in [0.4, 0.5) is 19.2 Å². The molecule has 4 atom stereocenters. The first-order valence-electron chi connectivity index (χ1n) is 44.3. The summed E-state index contributed by atoms with van der Waals surface area (Å²) < 4.78 is 22.4. The second-order valence-electron chi connectivity index (χ2n) is 43.6. The Labute approximate surface area is 716 Å². The number of nitrogens with zero attached hydrogens (tertiary/aromatic N) is 6. The van der Waals surface area contributed by atoms with E-state index in [1.54, 1.807) is 20.8 Å². The fraction of sp³-hybridized carbons (Fsp3) is 0.690. The third kappa shape index (κ3) is 20.8. The van der Waals surface area contributed by atoms with Crippen molar-refractivity contribution in [1.29, 1.82) is 0 Å². The van der Waals surface area contributed by atoms with E-state index in [0.29, 0.717) is 52.4 Å². The van der Waals surface area contributed by atoms with Crippen molar-refractivity contribution in [2.24, 2.45) is 0 Å². The number of hydrogen-bond donors (Lipinski definition) is 2. The van der Waals surface area contributed by atoms with Gasteiger partial charge in [-0.15, -0.1) is 0 Å². The van der Waals surface area contributed by atoms with Gasteiger partial charge in [-0.05, 0) is 382 Å². The number of piperidine rings is 4. The van der Waals surface area contributed by atoms with Crippen LogP contribution in [-0.4, -0.2) is 188 Å². The highest BCUT2D eigenvalue weighted by molar-refractivity contribution is 5.76. The maximum absolute atomic E-state index is 12.6. The van der Waals surface area contributed by atoms with E-state index < -0.39 is 28.0 Å². The van der Waals surface area contributed by atoms with E-state index in [1.165, 1.54) is 89.0 Å². The number of rotatable bonds is 7. The average Bonchev–Trinajstić information content (AvgIpc) is 1.59. The minimum absolute atomic E-state index is 0.00563. The molecule has 4 heterocycles. The normalized spacial score (nSPS) is 21.0. The van der Waals surface area contributed by atoms with Crippen LogP contribution in [0.1, 0.15) is 349 Å². The van der Waals surface area contributed by atoms with Crippen LogP contribution in [0.2, 0.25) is 0 Å². The lowest BCUT2D eigenvalue weighted by molar-refractivity contribution is -0.134. The molecule has 2 unspecified atom stereocenters. The number of aryl methyl sites for hydroxylation is 8. The zero-order valence-electron chi connectivity index (χ0n) is 79.7. The van der Waals surface area contributed by atoms with Crippen LogP contribution in [0.15, 0.2) is 48.5 Å². The largest absolute Gasteiger partial charge is 0.444 e. The van der Waals surface area contributed by atoms with Crippen LogP contribution < -0.4 is 5.32 Å². The SMILES string of the molecule is CC(=O)N(C)C(C)(C)[C@@H]1CC2(CCN(C(=O)OC(C)(C)C)CC2)c2cc(C)c(C)cc21.CC(=O)N(C)C(C)(C)[C@H]1CC2(CCN(C(=O)OC(C)(C)C)CC2)c2cc(C)c(C)cc21.CC(=O)NC(C)(C)C1CC2(CCN(C(=O)OC(C)(C)C)CC2)c2cc(C)c(C)cc21.Cc1cc2c(cc1C)C1(CCN(C(=O)OC(C)(C)C)CC1)CC2C(C)(C)O. The van der Waals surface area contributed by atoms with Gasteiger partial charge in [-0.3, -0.25) is 14.4 Å². The van der Waals surface area contributed by atoms with E-state index in [4.69, 9.17) is 18.9 Å². The Morgan fingerprint density at radius 3 is 0.731 bits per heavy atom. The van der Waals surface area contributed by atoms with E-state index in [9.17, 15) is 38.7 Å². The summed E-state index contributed by atoms with van der Waals surface area (Å²) in [5, 5.41) is 14.0. The molecule has 0 aromatic heterocycles. The Morgan fingerprint density at radius 1 is 0.336 bits per heavy atom. The smallest absolute Gasteiger partial charge is 0.410 e. The lowest BCUT2D eigenvalue weighted by atomic mass is 9.71. The Bertz CT molecular complexity index is 4290. The van der Waals surface area contributed by atoms with Crippen molar-refractivity contribution in [3.8, 4) is 0 Å². The molecular formula is C100H153N7O12. The molecule has 119 heavy (non-hydrogen) atoms. The predicted octanol–water partition coefficient (Wildman–Crippen LogP) is 20.4. The van der Waals surface area contributed by atoms with Crippen LogP contribution in [0.5, 0.6) is 0 Å². The second kappa shape index (κ2) is 34.2. The number of fused-ring (bicyclic) bond motifs is 8. The van der Waals surface area contributed by atoms with Gasteiger partial charge >= 0.3 is 24.4 Å². The molecule has 4 aliphatic heterocycles. The topological polar surface area (TPSA) is 208 Å². The number of likely N-dealkylation sites (tertiary alicyclic amines) is 4. The minimum Gasteiger partial charge on any atom is -0.444 e. The molecule has 4 saturated heterocycles. The van der Waals surface area contributed by atoms with Gasteiger partial charge in [0.15, 0.2) is 0 Å². The fourth-order valence-electron chi connectivity index (χ4n) is 20.8. The molecule has 7 amide bonds. The van der Waals surface area contributed by atoms with Crippen molar-refractivity contribution >= 4 is 42.1 Å². The molecule has 0 saturated carbocycles. The van der Waals surface area contributed by atoms with Gasteiger partial charge in [-0.2, -0.15) is 0 Å². The Morgan fingerprint density at radius 2 is 0.529 bits per heavy atom. The third-order valence-corrected chi connectivity index (χ3v) is 28.9. The molecule has 12 rings (SSSR count). The van der Waals surface area contributed by atoms with Crippen LogP contribution in [0, 0.1) is 55.4 Å². The minimum atomic E-state index is -0.748. The van der Waals surface area contributed by atoms with Gasteiger partial charge in [0.05, 0.1) is 5.60 Å². The zero-order valence-corrected chi connectivity index (χ0v) is 79.7. The molecule has 0 bridgehead atoms. The van der Waals surface area contributed by atoms with E-state index in [2.05, 4.69) is 151 Å². The molecule has 8 aliphatic rings. The molecule has 2 N–H and O–H groups in total. The standard InChI is InChI=1S/2C26H40N2O3.C25H38N2O3.C23H35NO3/c2*1-17-14-20-21(15-18(17)2)26(16-22(20)25(7,8)27(9)19(3)29)10-12-28(13-11-26)23(30)31-24(4,5)6;1-16-13-19-20(14-17(16)2)25(15-21(19)24(7,8)26-18(3)28)9-11-27(12-10-25)22(29)30-23(4,5)6;1-15-12-17-18(13-16(15)2)23(14-19(17)22(6,7)26)8-10-24(11-9-23)20(25)27-21(3,4)5/h2*14-15,22H,10-13,16H2,1-9H3;13-14,21H,9-12,15H2,1-8H3,(H,26,28);12-13,19,26H,8-11,14H2,1-7H3/t2*22-;;/m10../s1. The Kier molecular flexibility index (Phi) is 27.4. The number of hydrogen-bond acceptors (Lipinski definition) is 12. The van der Waals surface area contributed by atoms with Gasteiger partial charge in [0.1, 0.15) is 22.4 Å². The average molecular weight is 1650 g/mol. The van der Waals surface area contributed by atoms with Crippen LogP contribution in [0.3, 0.4) is 0 Å². The van der Waals surface area contributed by atoms with Crippen molar-refractivity contribution in [2.45, 2.75) is 382 Å². The van der Waals surface area contributed by atoms with E-state index >= 15 is 0 Å². The quantitative estimate of drug-likeness (QED) is 0.166. The first-order chi connectivity index (χ1) is 54.4. The lowest BCUT2D eigenvalue weighted by Crippen LogP contribution is -2.49. The number of likely N-dealkylation sites (N-methyl/N-ethyl adjacent to an activating group) is 2. The number of benzene rings is 4. The number of nitrogens with one attached hydrogen (secondary N) is 1. The van der Waals surface area contributed by atoms with Gasteiger partial charge < -0.3 is 58.8 Å². The van der Waals surface area contributed by atoms with E-state index in [-0.39, 0.29) is 104 Å². The summed E-state index contributed by atoms with van der Waals surface area (Å²) >= 11 is 0. The van der Waals surface area contributed by atoms with Crippen molar-refractivity contribution < 1.29 is 57.6 Å². The summed E-state index contributed by atoms with van der Waals surface area (Å²) in [5.41, 5.74) is 18.1. The van der Waals surface area contributed by atoms with Crippen LogP contribution >= 0.6 is 0 Å². The maximum Gasteiger partial charge on any atom is 0.410 e. The van der Waals surface area contributed by atoms with Gasteiger partial charge in [0, 0.05) is 128 Å². The van der Waals surface area contributed by atoms with Gasteiger partial charge in [-0.1, -0.05) is 48.5 Å². The number of carbonyl (C=O) groups is 7. The molecule has 4 aromatic rings. The number of amides is 7. The van der Waals surface area contributed by atoms with Crippen LogP contribution in [-0.2, 0) is 55.0 Å². The molecule has 4 spiro atoms. The number of carbonyl (C=O) groups excluding carboxylic acids is 7. The maximum atomic E-state index is 12.6. The van der Waals surface area contributed by atoms with Gasteiger partial charge in [-0.25, -0.2) is 19.2 Å². The van der Waals surface area contributed by atoms with Crippen molar-refractivity contribution in [2.75, 3.05) is 66.5 Å². The van der Waals surface area contributed by atoms with Crippen molar-refractivity contribution in [1.82, 2.24) is 34.7 Å². The number of ether oxygens (including phenoxy) is 4. The van der Waals surface area contributed by atoms with E-state index in [1.807, 2.05) is 140 Å². The lowest BCUT2D eigenvalue weighted by Gasteiger charge is -2.43. The molecule has 19 heteroatoms. The summed E-state index contributed by atoms with van der Waals surface area (Å²) in [5.74, 6) is 1.12. The highest BCUT2D eigenvalue weighted by Gasteiger charge is 2.56. The summed E-state index contributed by atoms with van der Waals surface area (Å²) in [4.78, 5) is 97.8. The monoisotopic (exact) mass is 1640 g/mol. The summed E-state index contributed by atoms with van der Waals surface area (Å²) in [7, 11) is 3.83. The fourth-order valence-corrected chi connectivity index (χ4v) is 20.8. The van der Waals surface area contributed by atoms with Gasteiger partial charge in [0.25, 0.3) is 0 Å². The molecular weight excluding hydrogens is 1490 g/mol. The highest BCUT2D eigenvalue weighted by atomic mass is 16.6.